The number of hydrogen-bond donors (Lipinski definition) is 0. The third-order valence-electron chi connectivity index (χ3n) is 2.15. The molecule has 100 valence electrons. The van der Waals surface area contributed by atoms with Crippen LogP contribution < -0.4 is 0 Å². The van der Waals surface area contributed by atoms with Crippen LogP contribution in [-0.2, 0) is 13.3 Å². The van der Waals surface area contributed by atoms with Crippen LogP contribution in [0.4, 0.5) is 0 Å². The van der Waals surface area contributed by atoms with Crippen molar-refractivity contribution in [1.82, 2.24) is 0 Å². The Balaban J connectivity index is 4.40. The molecular weight excluding hydrogens is 232 g/mol. The summed E-state index contributed by atoms with van der Waals surface area (Å²) in [5, 5.41) is 0. The van der Waals surface area contributed by atoms with E-state index in [0.717, 1.165) is 12.8 Å². The normalized spacial score (nSPS) is 11.1. The first-order valence-electron chi connectivity index (χ1n) is 6.66. The molecule has 0 spiro atoms. The van der Waals surface area contributed by atoms with Crippen LogP contribution in [0.5, 0.6) is 0 Å². The molecule has 0 unspecified atom stereocenters. The molecule has 0 radical (unpaired) electrons. The van der Waals surface area contributed by atoms with Crippen molar-refractivity contribution in [3.63, 3.8) is 0 Å². The van der Waals surface area contributed by atoms with Crippen LogP contribution in [0.1, 0.15) is 53.4 Å². The number of rotatable bonds is 9. The zero-order chi connectivity index (χ0) is 13.0. The largest absolute Gasteiger partial charge is 0.591 e. The van der Waals surface area contributed by atoms with Gasteiger partial charge in [-0.05, 0) is 32.7 Å². The van der Waals surface area contributed by atoms with E-state index in [1.54, 1.807) is 0 Å². The topological polar surface area (TPSA) is 27.7 Å². The van der Waals surface area contributed by atoms with E-state index in [0.29, 0.717) is 19.8 Å². The molecule has 0 saturated heterocycles. The molecule has 0 fully saturated rings. The molecule has 0 bridgehead atoms. The van der Waals surface area contributed by atoms with Crippen LogP contribution in [0.2, 0.25) is 0 Å². The summed E-state index contributed by atoms with van der Waals surface area (Å²) >= 11 is 0. The van der Waals surface area contributed by atoms with Gasteiger partial charge in [0.05, 0.1) is 0 Å². The lowest BCUT2D eigenvalue weighted by molar-refractivity contribution is 0.0870. The Labute approximate surface area is 107 Å². The minimum atomic E-state index is -2.72. The highest BCUT2D eigenvalue weighted by atomic mass is 28.4. The average Bonchev–Trinajstić information content (AvgIpc) is 2.30. The summed E-state index contributed by atoms with van der Waals surface area (Å²) < 4.78 is 16.9. The van der Waals surface area contributed by atoms with Gasteiger partial charge in [-0.15, -0.1) is 5.92 Å². The van der Waals surface area contributed by atoms with E-state index < -0.39 is 8.80 Å². The fourth-order valence-electron chi connectivity index (χ4n) is 1.44. The van der Waals surface area contributed by atoms with Crippen LogP contribution in [0.25, 0.3) is 0 Å². The smallest absolute Gasteiger partial charge is 0.364 e. The van der Waals surface area contributed by atoms with Crippen LogP contribution in [0.15, 0.2) is 0 Å². The Morgan fingerprint density at radius 2 is 1.35 bits per heavy atom. The fourth-order valence-corrected chi connectivity index (χ4v) is 3.39. The molecule has 0 aromatic rings. The van der Waals surface area contributed by atoms with Crippen molar-refractivity contribution < 1.29 is 13.3 Å². The highest BCUT2D eigenvalue weighted by molar-refractivity contribution is 6.69. The van der Waals surface area contributed by atoms with E-state index in [-0.39, 0.29) is 0 Å². The van der Waals surface area contributed by atoms with E-state index in [9.17, 15) is 0 Å². The molecule has 0 aromatic heterocycles. The first kappa shape index (κ1) is 16.7. The first-order chi connectivity index (χ1) is 8.24. The molecule has 0 aliphatic carbocycles. The monoisotopic (exact) mass is 258 g/mol. The Morgan fingerprint density at radius 1 is 0.824 bits per heavy atom. The molecule has 0 aliphatic heterocycles. The summed E-state index contributed by atoms with van der Waals surface area (Å²) in [6.07, 6.45) is 4.47. The molecule has 0 saturated carbocycles. The molecule has 4 heteroatoms. The van der Waals surface area contributed by atoms with E-state index in [1.807, 2.05) is 20.8 Å². The minimum absolute atomic E-state index is 0.579. The van der Waals surface area contributed by atoms with Gasteiger partial charge >= 0.3 is 8.80 Å². The second kappa shape index (κ2) is 10.8. The fraction of sp³-hybridized carbons (Fsp3) is 0.846. The van der Waals surface area contributed by atoms with Crippen molar-refractivity contribution in [2.24, 2.45) is 0 Å². The molecule has 0 aromatic carbocycles. The summed E-state index contributed by atoms with van der Waals surface area (Å²) in [4.78, 5) is 0. The van der Waals surface area contributed by atoms with Gasteiger partial charge < -0.3 is 13.3 Å². The van der Waals surface area contributed by atoms with E-state index in [2.05, 4.69) is 18.4 Å². The molecule has 0 heterocycles. The van der Waals surface area contributed by atoms with Crippen LogP contribution in [0.3, 0.4) is 0 Å². The maximum atomic E-state index is 5.64. The number of hydrogen-bond acceptors (Lipinski definition) is 3. The Bertz CT molecular complexity index is 216. The second-order valence-corrected chi connectivity index (χ2v) is 5.84. The summed E-state index contributed by atoms with van der Waals surface area (Å²) in [7, 11) is -2.72. The van der Waals surface area contributed by atoms with Gasteiger partial charge in [0.15, 0.2) is 0 Å². The van der Waals surface area contributed by atoms with E-state index in [1.165, 1.54) is 12.8 Å². The van der Waals surface area contributed by atoms with Gasteiger partial charge in [-0.3, -0.25) is 0 Å². The zero-order valence-corrected chi connectivity index (χ0v) is 12.7. The average molecular weight is 258 g/mol. The van der Waals surface area contributed by atoms with Gasteiger partial charge in [-0.25, -0.2) is 0 Å². The molecule has 0 amide bonds. The second-order valence-electron chi connectivity index (χ2n) is 3.61. The van der Waals surface area contributed by atoms with Crippen molar-refractivity contribution in [3.8, 4) is 11.5 Å². The van der Waals surface area contributed by atoms with Crippen LogP contribution in [-0.4, -0.2) is 28.6 Å². The lowest BCUT2D eigenvalue weighted by atomic mass is 10.2. The van der Waals surface area contributed by atoms with Crippen molar-refractivity contribution in [1.29, 1.82) is 0 Å². The van der Waals surface area contributed by atoms with Crippen molar-refractivity contribution >= 4 is 8.80 Å². The Morgan fingerprint density at radius 3 is 1.76 bits per heavy atom. The van der Waals surface area contributed by atoms with E-state index >= 15 is 0 Å². The Hall–Kier alpha value is -0.343. The van der Waals surface area contributed by atoms with Gasteiger partial charge in [0.1, 0.15) is 0 Å². The molecule has 0 N–H and O–H groups in total. The zero-order valence-electron chi connectivity index (χ0n) is 11.7. The summed E-state index contributed by atoms with van der Waals surface area (Å²) in [5.41, 5.74) is 3.12. The number of unbranched alkanes of at least 4 members (excludes halogenated alkanes) is 3. The molecule has 3 nitrogen and oxygen atoms in total. The summed E-state index contributed by atoms with van der Waals surface area (Å²) in [6, 6.07) is 0. The lowest BCUT2D eigenvalue weighted by Crippen LogP contribution is -2.45. The Kier molecular flexibility index (Phi) is 10.6. The standard InChI is InChI=1S/C13H26O3Si/c1-5-9-10-11-12-13-17(14-6-2,15-7-3)16-8-4/h5-11H2,1-4H3. The third kappa shape index (κ3) is 7.56. The SMILES string of the molecule is CCCCCC#C[Si](OCC)(OCC)OCC. The minimum Gasteiger partial charge on any atom is -0.364 e. The van der Waals surface area contributed by atoms with Gasteiger partial charge in [0.25, 0.3) is 0 Å². The lowest BCUT2D eigenvalue weighted by Gasteiger charge is -2.22. The predicted molar refractivity (Wildman–Crippen MR) is 72.6 cm³/mol. The molecule has 0 atom stereocenters. The maximum absolute atomic E-state index is 5.64. The van der Waals surface area contributed by atoms with E-state index in [4.69, 9.17) is 13.3 Å². The van der Waals surface area contributed by atoms with Gasteiger partial charge in [-0.1, -0.05) is 19.8 Å². The molecular formula is C13H26O3Si. The van der Waals surface area contributed by atoms with Crippen LogP contribution in [0, 0.1) is 11.5 Å². The van der Waals surface area contributed by atoms with Crippen molar-refractivity contribution in [3.05, 3.63) is 0 Å². The summed E-state index contributed by atoms with van der Waals surface area (Å²) in [6.45, 7) is 9.75. The molecule has 17 heavy (non-hydrogen) atoms. The van der Waals surface area contributed by atoms with Gasteiger partial charge in [0.2, 0.25) is 0 Å². The maximum Gasteiger partial charge on any atom is 0.591 e. The van der Waals surface area contributed by atoms with Crippen molar-refractivity contribution in [2.45, 2.75) is 53.4 Å². The quantitative estimate of drug-likeness (QED) is 0.361. The predicted octanol–water partition coefficient (Wildman–Crippen LogP) is 3.16. The van der Waals surface area contributed by atoms with Crippen LogP contribution >= 0.6 is 0 Å². The molecule has 0 aliphatic rings. The molecule has 0 rings (SSSR count). The van der Waals surface area contributed by atoms with Crippen molar-refractivity contribution in [2.75, 3.05) is 19.8 Å². The first-order valence-corrected chi connectivity index (χ1v) is 8.39. The summed E-state index contributed by atoms with van der Waals surface area (Å²) in [5.74, 6) is 3.15. The highest BCUT2D eigenvalue weighted by Crippen LogP contribution is 2.09. The third-order valence-corrected chi connectivity index (χ3v) is 4.64. The highest BCUT2D eigenvalue weighted by Gasteiger charge is 2.39. The van der Waals surface area contributed by atoms with Gasteiger partial charge in [0, 0.05) is 26.2 Å². The van der Waals surface area contributed by atoms with Gasteiger partial charge in [-0.2, -0.15) is 0 Å².